The van der Waals surface area contributed by atoms with Crippen LogP contribution in [0.25, 0.3) is 0 Å². The second-order valence-electron chi connectivity index (χ2n) is 2.81. The summed E-state index contributed by atoms with van der Waals surface area (Å²) in [5.41, 5.74) is 0. The van der Waals surface area contributed by atoms with Crippen LogP contribution in [0, 0.1) is 0 Å². The predicted octanol–water partition coefficient (Wildman–Crippen LogP) is 4.14. The van der Waals surface area contributed by atoms with Gasteiger partial charge in [0.2, 0.25) is 5.24 Å². The van der Waals surface area contributed by atoms with Crippen molar-refractivity contribution in [3.8, 4) is 0 Å². The molecule has 0 aromatic rings. The zero-order valence-electron chi connectivity index (χ0n) is 8.53. The fraction of sp³-hybridized carbons (Fsp3) is 0.900. The number of rotatable bonds is 5. The molecule has 0 atom stereocenters. The molecule has 74 valence electrons. The summed E-state index contributed by atoms with van der Waals surface area (Å²) in [5, 5.41) is -0.238. The average Bonchev–Trinajstić information content (AvgIpc) is 2.02. The van der Waals surface area contributed by atoms with Gasteiger partial charge in [-0.25, -0.2) is 0 Å². The van der Waals surface area contributed by atoms with Crippen molar-refractivity contribution in [2.75, 3.05) is 0 Å². The Bertz CT molecular complexity index is 87.8. The van der Waals surface area contributed by atoms with Gasteiger partial charge in [0.1, 0.15) is 0 Å². The lowest BCUT2D eigenvalue weighted by Crippen LogP contribution is -1.79. The SMILES string of the molecule is CCCC(=O)Cl.CCCCCC. The van der Waals surface area contributed by atoms with E-state index in [0.717, 1.165) is 6.42 Å². The number of hydrogen-bond acceptors (Lipinski definition) is 1. The van der Waals surface area contributed by atoms with Gasteiger partial charge in [-0.2, -0.15) is 0 Å². The van der Waals surface area contributed by atoms with Crippen LogP contribution >= 0.6 is 11.6 Å². The Morgan fingerprint density at radius 2 is 1.42 bits per heavy atom. The first-order valence-electron chi connectivity index (χ1n) is 4.87. The molecule has 0 fully saturated rings. The van der Waals surface area contributed by atoms with Gasteiger partial charge in [0.25, 0.3) is 0 Å². The molecule has 0 rings (SSSR count). The van der Waals surface area contributed by atoms with Gasteiger partial charge in [-0.15, -0.1) is 0 Å². The van der Waals surface area contributed by atoms with Gasteiger partial charge in [0, 0.05) is 6.42 Å². The van der Waals surface area contributed by atoms with Crippen LogP contribution in [0.5, 0.6) is 0 Å². The van der Waals surface area contributed by atoms with Crippen molar-refractivity contribution < 1.29 is 4.79 Å². The Morgan fingerprint density at radius 1 is 1.00 bits per heavy atom. The van der Waals surface area contributed by atoms with Crippen LogP contribution in [0.1, 0.15) is 59.3 Å². The minimum Gasteiger partial charge on any atom is -0.281 e. The number of carbonyl (C=O) groups is 1. The standard InChI is InChI=1S/C6H14.C4H7ClO/c1-3-5-6-4-2;1-2-3-4(5)6/h3-6H2,1-2H3;2-3H2,1H3. The van der Waals surface area contributed by atoms with Crippen molar-refractivity contribution in [2.24, 2.45) is 0 Å². The van der Waals surface area contributed by atoms with Crippen molar-refractivity contribution >= 4 is 16.8 Å². The molecule has 0 amide bonds. The highest BCUT2D eigenvalue weighted by molar-refractivity contribution is 6.63. The number of halogens is 1. The van der Waals surface area contributed by atoms with Gasteiger partial charge >= 0.3 is 0 Å². The quantitative estimate of drug-likeness (QED) is 0.473. The molecule has 0 aliphatic carbocycles. The summed E-state index contributed by atoms with van der Waals surface area (Å²) in [4.78, 5) is 9.81. The largest absolute Gasteiger partial charge is 0.281 e. The second kappa shape index (κ2) is 13.5. The number of hydrogen-bond donors (Lipinski definition) is 0. The molecule has 0 aliphatic heterocycles. The molecule has 0 saturated carbocycles. The lowest BCUT2D eigenvalue weighted by atomic mass is 10.2. The molecule has 0 aliphatic rings. The van der Waals surface area contributed by atoms with Gasteiger partial charge in [-0.1, -0.05) is 46.5 Å². The zero-order valence-corrected chi connectivity index (χ0v) is 9.28. The molecule has 0 bridgehead atoms. The highest BCUT2D eigenvalue weighted by Gasteiger charge is 1.87. The van der Waals surface area contributed by atoms with E-state index in [2.05, 4.69) is 13.8 Å². The average molecular weight is 193 g/mol. The number of carbonyl (C=O) groups excluding carboxylic acids is 1. The zero-order chi connectivity index (χ0) is 9.82. The van der Waals surface area contributed by atoms with Crippen molar-refractivity contribution in [3.05, 3.63) is 0 Å². The molecule has 0 aromatic heterocycles. The Labute approximate surface area is 81.5 Å². The van der Waals surface area contributed by atoms with E-state index in [4.69, 9.17) is 11.6 Å². The van der Waals surface area contributed by atoms with E-state index in [-0.39, 0.29) is 5.24 Å². The minimum absolute atomic E-state index is 0.238. The van der Waals surface area contributed by atoms with Crippen LogP contribution in [0.2, 0.25) is 0 Å². The summed E-state index contributed by atoms with van der Waals surface area (Å²) >= 11 is 4.94. The molecule has 12 heavy (non-hydrogen) atoms. The first-order valence-corrected chi connectivity index (χ1v) is 5.25. The third-order valence-electron chi connectivity index (χ3n) is 1.40. The number of unbranched alkanes of at least 4 members (excludes halogenated alkanes) is 3. The van der Waals surface area contributed by atoms with Crippen LogP contribution in [0.3, 0.4) is 0 Å². The van der Waals surface area contributed by atoms with Crippen LogP contribution < -0.4 is 0 Å². The highest BCUT2D eigenvalue weighted by Crippen LogP contribution is 1.95. The van der Waals surface area contributed by atoms with Gasteiger partial charge in [-0.05, 0) is 18.0 Å². The monoisotopic (exact) mass is 192 g/mol. The summed E-state index contributed by atoms with van der Waals surface area (Å²) in [5.74, 6) is 0. The molecule has 0 aromatic carbocycles. The maximum Gasteiger partial charge on any atom is 0.221 e. The Hall–Kier alpha value is -0.0400. The van der Waals surface area contributed by atoms with Crippen molar-refractivity contribution in [2.45, 2.75) is 59.3 Å². The predicted molar refractivity (Wildman–Crippen MR) is 55.6 cm³/mol. The molecule has 0 spiro atoms. The van der Waals surface area contributed by atoms with Gasteiger partial charge in [-0.3, -0.25) is 4.79 Å². The summed E-state index contributed by atoms with van der Waals surface area (Å²) < 4.78 is 0. The van der Waals surface area contributed by atoms with E-state index in [0.29, 0.717) is 6.42 Å². The molecular formula is C10H21ClO. The molecule has 0 heterocycles. The van der Waals surface area contributed by atoms with Gasteiger partial charge in [0.05, 0.1) is 0 Å². The fourth-order valence-corrected chi connectivity index (χ4v) is 0.886. The Balaban J connectivity index is 0. The van der Waals surface area contributed by atoms with Gasteiger partial charge < -0.3 is 0 Å². The topological polar surface area (TPSA) is 17.1 Å². The Morgan fingerprint density at radius 3 is 1.50 bits per heavy atom. The van der Waals surface area contributed by atoms with E-state index in [9.17, 15) is 4.79 Å². The third kappa shape index (κ3) is 22.5. The van der Waals surface area contributed by atoms with Crippen LogP contribution in [0.15, 0.2) is 0 Å². The maximum absolute atomic E-state index is 9.81. The first kappa shape index (κ1) is 14.5. The van der Waals surface area contributed by atoms with Crippen molar-refractivity contribution in [1.82, 2.24) is 0 Å². The minimum atomic E-state index is -0.238. The summed E-state index contributed by atoms with van der Waals surface area (Å²) in [6, 6.07) is 0. The van der Waals surface area contributed by atoms with Crippen LogP contribution in [0.4, 0.5) is 0 Å². The molecule has 0 saturated heterocycles. The van der Waals surface area contributed by atoms with E-state index in [1.54, 1.807) is 0 Å². The highest BCUT2D eigenvalue weighted by atomic mass is 35.5. The smallest absolute Gasteiger partial charge is 0.221 e. The van der Waals surface area contributed by atoms with Gasteiger partial charge in [0.15, 0.2) is 0 Å². The van der Waals surface area contributed by atoms with E-state index in [1.807, 2.05) is 6.92 Å². The van der Waals surface area contributed by atoms with Crippen molar-refractivity contribution in [3.63, 3.8) is 0 Å². The normalized spacial score (nSPS) is 8.67. The Kier molecular flexibility index (Phi) is 16.3. The van der Waals surface area contributed by atoms with E-state index in [1.165, 1.54) is 25.7 Å². The van der Waals surface area contributed by atoms with E-state index >= 15 is 0 Å². The van der Waals surface area contributed by atoms with Crippen molar-refractivity contribution in [1.29, 1.82) is 0 Å². The van der Waals surface area contributed by atoms with E-state index < -0.39 is 0 Å². The molecule has 2 heteroatoms. The molecule has 0 N–H and O–H groups in total. The third-order valence-corrected chi connectivity index (χ3v) is 1.59. The molecule has 1 nitrogen and oxygen atoms in total. The first-order chi connectivity index (χ1) is 5.68. The fourth-order valence-electron chi connectivity index (χ4n) is 0.697. The summed E-state index contributed by atoms with van der Waals surface area (Å²) in [7, 11) is 0. The van der Waals surface area contributed by atoms with Crippen LogP contribution in [-0.4, -0.2) is 5.24 Å². The maximum atomic E-state index is 9.81. The molecule has 0 radical (unpaired) electrons. The molecular weight excluding hydrogens is 172 g/mol. The summed E-state index contributed by atoms with van der Waals surface area (Å²) in [6.07, 6.45) is 6.89. The van der Waals surface area contributed by atoms with Crippen LogP contribution in [-0.2, 0) is 4.79 Å². The lowest BCUT2D eigenvalue weighted by Gasteiger charge is -1.86. The molecule has 0 unspecified atom stereocenters. The lowest BCUT2D eigenvalue weighted by molar-refractivity contribution is -0.111. The second-order valence-corrected chi connectivity index (χ2v) is 3.23. The summed E-state index contributed by atoms with van der Waals surface area (Å²) in [6.45, 7) is 6.38.